The Balaban J connectivity index is 1.71. The van der Waals surface area contributed by atoms with Gasteiger partial charge in [0.15, 0.2) is 11.0 Å². The van der Waals surface area contributed by atoms with Crippen molar-refractivity contribution in [2.24, 2.45) is 7.05 Å². The standard InChI is InChI=1S/C16H18N6OS/c1-9-4-7-13-12(8-9)15(23)21(3)16(17-13)24-10(2)14-18-19-20-22(14)11-5-6-11/h4,7-8,10-11H,5-6H2,1-3H3/t10-/m1/s1. The zero-order chi connectivity index (χ0) is 16.8. The highest BCUT2D eigenvalue weighted by Gasteiger charge is 2.30. The number of fused-ring (bicyclic) bond motifs is 1. The Hall–Kier alpha value is -2.22. The van der Waals surface area contributed by atoms with Crippen LogP contribution in [0.25, 0.3) is 10.9 Å². The smallest absolute Gasteiger partial charge is 0.261 e. The summed E-state index contributed by atoms with van der Waals surface area (Å²) in [6.07, 6.45) is 2.25. The predicted octanol–water partition coefficient (Wildman–Crippen LogP) is 2.42. The number of hydrogen-bond acceptors (Lipinski definition) is 6. The summed E-state index contributed by atoms with van der Waals surface area (Å²) >= 11 is 1.51. The molecule has 4 rings (SSSR count). The Labute approximate surface area is 143 Å². The Morgan fingerprint density at radius 3 is 2.88 bits per heavy atom. The van der Waals surface area contributed by atoms with Crippen LogP contribution in [0.15, 0.2) is 28.2 Å². The molecule has 0 N–H and O–H groups in total. The van der Waals surface area contributed by atoms with Crippen molar-refractivity contribution in [1.82, 2.24) is 29.8 Å². The van der Waals surface area contributed by atoms with Gasteiger partial charge in [-0.15, -0.1) is 5.10 Å². The number of benzene rings is 1. The first-order valence-electron chi connectivity index (χ1n) is 7.96. The van der Waals surface area contributed by atoms with Crippen molar-refractivity contribution < 1.29 is 0 Å². The largest absolute Gasteiger partial charge is 0.290 e. The van der Waals surface area contributed by atoms with E-state index in [-0.39, 0.29) is 10.8 Å². The van der Waals surface area contributed by atoms with Gasteiger partial charge in [-0.2, -0.15) is 0 Å². The van der Waals surface area contributed by atoms with Crippen LogP contribution >= 0.6 is 11.8 Å². The zero-order valence-corrected chi connectivity index (χ0v) is 14.6. The number of tetrazole rings is 1. The highest BCUT2D eigenvalue weighted by molar-refractivity contribution is 7.99. The summed E-state index contributed by atoms with van der Waals surface area (Å²) in [6.45, 7) is 4.02. The molecule has 1 aliphatic carbocycles. The topological polar surface area (TPSA) is 78.5 Å². The molecule has 0 bridgehead atoms. The molecule has 1 aromatic carbocycles. The van der Waals surface area contributed by atoms with Crippen molar-refractivity contribution in [2.75, 3.05) is 0 Å². The molecule has 8 heteroatoms. The number of nitrogens with zero attached hydrogens (tertiary/aromatic N) is 6. The van der Waals surface area contributed by atoms with Crippen LogP contribution < -0.4 is 5.56 Å². The molecule has 0 radical (unpaired) electrons. The maximum absolute atomic E-state index is 12.6. The minimum absolute atomic E-state index is 0.0154. The van der Waals surface area contributed by atoms with E-state index in [9.17, 15) is 4.79 Å². The molecule has 0 unspecified atom stereocenters. The van der Waals surface area contributed by atoms with Gasteiger partial charge in [-0.3, -0.25) is 9.36 Å². The summed E-state index contributed by atoms with van der Waals surface area (Å²) in [6, 6.07) is 6.18. The second-order valence-electron chi connectivity index (χ2n) is 6.25. The van der Waals surface area contributed by atoms with Gasteiger partial charge in [0.25, 0.3) is 5.56 Å². The Kier molecular flexibility index (Phi) is 3.64. The van der Waals surface area contributed by atoms with E-state index in [1.165, 1.54) is 11.8 Å². The number of rotatable bonds is 4. The van der Waals surface area contributed by atoms with E-state index in [0.29, 0.717) is 16.6 Å². The summed E-state index contributed by atoms with van der Waals surface area (Å²) in [5.74, 6) is 0.834. The molecule has 0 amide bonds. The van der Waals surface area contributed by atoms with Crippen LogP contribution in [0.2, 0.25) is 0 Å². The Morgan fingerprint density at radius 1 is 1.33 bits per heavy atom. The first kappa shape index (κ1) is 15.3. The van der Waals surface area contributed by atoms with Crippen molar-refractivity contribution in [1.29, 1.82) is 0 Å². The van der Waals surface area contributed by atoms with Crippen molar-refractivity contribution in [2.45, 2.75) is 43.1 Å². The molecule has 1 aliphatic rings. The minimum atomic E-state index is -0.0276. The van der Waals surface area contributed by atoms with Crippen molar-refractivity contribution in [3.05, 3.63) is 39.9 Å². The van der Waals surface area contributed by atoms with Crippen molar-refractivity contribution in [3.8, 4) is 0 Å². The van der Waals surface area contributed by atoms with E-state index < -0.39 is 0 Å². The van der Waals surface area contributed by atoms with E-state index in [0.717, 1.165) is 29.7 Å². The molecule has 124 valence electrons. The van der Waals surface area contributed by atoms with Gasteiger partial charge in [-0.05, 0) is 49.2 Å². The molecule has 1 fully saturated rings. The third-order valence-electron chi connectivity index (χ3n) is 4.25. The lowest BCUT2D eigenvalue weighted by Crippen LogP contribution is -2.20. The van der Waals surface area contributed by atoms with Gasteiger partial charge in [0.05, 0.1) is 22.2 Å². The molecule has 2 heterocycles. The lowest BCUT2D eigenvalue weighted by atomic mass is 10.2. The Bertz CT molecular complexity index is 974. The summed E-state index contributed by atoms with van der Waals surface area (Å²) < 4.78 is 3.51. The lowest BCUT2D eigenvalue weighted by Gasteiger charge is -2.13. The molecular weight excluding hydrogens is 324 g/mol. The molecule has 7 nitrogen and oxygen atoms in total. The fourth-order valence-corrected chi connectivity index (χ4v) is 3.70. The van der Waals surface area contributed by atoms with Gasteiger partial charge in [0, 0.05) is 7.05 Å². The van der Waals surface area contributed by atoms with Gasteiger partial charge >= 0.3 is 0 Å². The zero-order valence-electron chi connectivity index (χ0n) is 13.8. The minimum Gasteiger partial charge on any atom is -0.290 e. The summed E-state index contributed by atoms with van der Waals surface area (Å²) in [5, 5.41) is 13.4. The number of hydrogen-bond donors (Lipinski definition) is 0. The second-order valence-corrected chi connectivity index (χ2v) is 7.56. The summed E-state index contributed by atoms with van der Waals surface area (Å²) in [5.41, 5.74) is 1.75. The van der Waals surface area contributed by atoms with Gasteiger partial charge in [0.2, 0.25) is 0 Å². The van der Waals surface area contributed by atoms with Crippen LogP contribution in [0.3, 0.4) is 0 Å². The maximum Gasteiger partial charge on any atom is 0.261 e. The van der Waals surface area contributed by atoms with Crippen LogP contribution in [0.4, 0.5) is 0 Å². The highest BCUT2D eigenvalue weighted by Crippen LogP contribution is 2.39. The maximum atomic E-state index is 12.6. The fraction of sp³-hybridized carbons (Fsp3) is 0.438. The van der Waals surface area contributed by atoms with Crippen LogP contribution in [0.5, 0.6) is 0 Å². The molecule has 0 spiro atoms. The SMILES string of the molecule is Cc1ccc2nc(S[C@H](C)c3nnnn3C3CC3)n(C)c(=O)c2c1. The molecule has 0 saturated heterocycles. The quantitative estimate of drug-likeness (QED) is 0.535. The third-order valence-corrected chi connectivity index (χ3v) is 5.39. The predicted molar refractivity (Wildman–Crippen MR) is 92.1 cm³/mol. The van der Waals surface area contributed by atoms with E-state index in [1.807, 2.05) is 36.7 Å². The molecule has 1 atom stereocenters. The first-order chi connectivity index (χ1) is 11.5. The summed E-state index contributed by atoms with van der Waals surface area (Å²) in [4.78, 5) is 17.3. The molecule has 1 saturated carbocycles. The van der Waals surface area contributed by atoms with E-state index in [2.05, 4.69) is 20.5 Å². The van der Waals surface area contributed by atoms with E-state index in [1.54, 1.807) is 11.6 Å². The van der Waals surface area contributed by atoms with E-state index >= 15 is 0 Å². The third kappa shape index (κ3) is 2.60. The van der Waals surface area contributed by atoms with E-state index in [4.69, 9.17) is 0 Å². The van der Waals surface area contributed by atoms with Gasteiger partial charge in [0.1, 0.15) is 0 Å². The van der Waals surface area contributed by atoms with Crippen LogP contribution in [0.1, 0.15) is 42.4 Å². The summed E-state index contributed by atoms with van der Waals surface area (Å²) in [7, 11) is 1.76. The molecule has 3 aromatic rings. The lowest BCUT2D eigenvalue weighted by molar-refractivity contribution is 0.582. The van der Waals surface area contributed by atoms with Crippen molar-refractivity contribution >= 4 is 22.7 Å². The average Bonchev–Trinajstić information content (AvgIpc) is 3.29. The number of aryl methyl sites for hydroxylation is 1. The van der Waals surface area contributed by atoms with Gasteiger partial charge < -0.3 is 0 Å². The van der Waals surface area contributed by atoms with Gasteiger partial charge in [-0.25, -0.2) is 9.67 Å². The van der Waals surface area contributed by atoms with Crippen LogP contribution in [-0.2, 0) is 7.05 Å². The molecule has 24 heavy (non-hydrogen) atoms. The average molecular weight is 342 g/mol. The number of thioether (sulfide) groups is 1. The monoisotopic (exact) mass is 342 g/mol. The van der Waals surface area contributed by atoms with Crippen LogP contribution in [-0.4, -0.2) is 29.8 Å². The van der Waals surface area contributed by atoms with Gasteiger partial charge in [-0.1, -0.05) is 23.4 Å². The number of aromatic nitrogens is 6. The van der Waals surface area contributed by atoms with Crippen LogP contribution in [0, 0.1) is 6.92 Å². The Morgan fingerprint density at radius 2 is 2.12 bits per heavy atom. The van der Waals surface area contributed by atoms with Crippen molar-refractivity contribution in [3.63, 3.8) is 0 Å². The highest BCUT2D eigenvalue weighted by atomic mass is 32.2. The molecular formula is C16H18N6OS. The molecule has 0 aliphatic heterocycles. The fourth-order valence-electron chi connectivity index (χ4n) is 2.73. The second kappa shape index (κ2) is 5.70. The first-order valence-corrected chi connectivity index (χ1v) is 8.84. The molecule has 2 aromatic heterocycles. The normalized spacial score (nSPS) is 15.8.